The fraction of sp³-hybridized carbons (Fsp3) is 0.562. The van der Waals surface area contributed by atoms with E-state index in [-0.39, 0.29) is 23.8 Å². The van der Waals surface area contributed by atoms with Crippen LogP contribution in [0.2, 0.25) is 0 Å². The Hall–Kier alpha value is -2.04. The molecule has 9 nitrogen and oxygen atoms in total. The van der Waals surface area contributed by atoms with Gasteiger partial charge in [-0.2, -0.15) is 5.10 Å². The van der Waals surface area contributed by atoms with Crippen LogP contribution in [0.5, 0.6) is 0 Å². The van der Waals surface area contributed by atoms with Gasteiger partial charge in [-0.05, 0) is 31.7 Å². The highest BCUT2D eigenvalue weighted by molar-refractivity contribution is 7.89. The fourth-order valence-electron chi connectivity index (χ4n) is 3.46. The van der Waals surface area contributed by atoms with Crippen LogP contribution < -0.4 is 10.3 Å². The van der Waals surface area contributed by atoms with Gasteiger partial charge in [0.2, 0.25) is 0 Å². The second-order valence-corrected chi connectivity index (χ2v) is 8.48. The van der Waals surface area contributed by atoms with Gasteiger partial charge in [0, 0.05) is 19.3 Å². The number of fused-ring (bicyclic) bond motifs is 1. The summed E-state index contributed by atoms with van der Waals surface area (Å²) >= 11 is 0. The van der Waals surface area contributed by atoms with Gasteiger partial charge in [0.1, 0.15) is 5.82 Å². The smallest absolute Gasteiger partial charge is 0.267 e. The molecule has 0 amide bonds. The molecule has 1 fully saturated rings. The van der Waals surface area contributed by atoms with Crippen molar-refractivity contribution in [1.29, 1.82) is 0 Å². The van der Waals surface area contributed by atoms with Crippen molar-refractivity contribution < 1.29 is 13.2 Å². The predicted octanol–water partition coefficient (Wildman–Crippen LogP) is -0.308. The van der Waals surface area contributed by atoms with Crippen LogP contribution in [0.25, 0.3) is 0 Å². The standard InChI is InChI=1S/C16H21N5O4S/c1-10-17-15(7-20(10)2)26(23,24)19-13-8-25-9-14(13)21-16(22)6-11-4-3-5-12(11)18-21/h6-7,13-14,19H,3-5,8-9H2,1-2H3. The zero-order valence-electron chi connectivity index (χ0n) is 14.7. The first-order valence-electron chi connectivity index (χ1n) is 8.57. The molecule has 2 aromatic heterocycles. The van der Waals surface area contributed by atoms with Crippen molar-refractivity contribution in [2.24, 2.45) is 7.05 Å². The second-order valence-electron chi connectivity index (χ2n) is 6.82. The largest absolute Gasteiger partial charge is 0.377 e. The molecule has 3 heterocycles. The summed E-state index contributed by atoms with van der Waals surface area (Å²) in [4.78, 5) is 16.5. The molecule has 10 heteroatoms. The Kier molecular flexibility index (Phi) is 4.20. The number of rotatable bonds is 4. The van der Waals surface area contributed by atoms with Crippen molar-refractivity contribution in [3.63, 3.8) is 0 Å². The molecule has 0 bridgehead atoms. The van der Waals surface area contributed by atoms with Gasteiger partial charge < -0.3 is 9.30 Å². The Morgan fingerprint density at radius 1 is 1.31 bits per heavy atom. The van der Waals surface area contributed by atoms with Crippen molar-refractivity contribution >= 4 is 10.0 Å². The molecule has 1 saturated heterocycles. The predicted molar refractivity (Wildman–Crippen MR) is 92.4 cm³/mol. The van der Waals surface area contributed by atoms with Crippen LogP contribution in [-0.4, -0.2) is 47.0 Å². The number of sulfonamides is 1. The first kappa shape index (κ1) is 17.4. The molecule has 1 N–H and O–H groups in total. The number of imidazole rings is 1. The third kappa shape index (κ3) is 2.97. The first-order valence-corrected chi connectivity index (χ1v) is 10.0. The lowest BCUT2D eigenvalue weighted by Crippen LogP contribution is -2.44. The van der Waals surface area contributed by atoms with Crippen molar-refractivity contribution in [1.82, 2.24) is 24.1 Å². The monoisotopic (exact) mass is 379 g/mol. The van der Waals surface area contributed by atoms with Crippen LogP contribution in [0, 0.1) is 6.92 Å². The minimum Gasteiger partial charge on any atom is -0.377 e. The second kappa shape index (κ2) is 6.29. The highest BCUT2D eigenvalue weighted by Gasteiger charge is 2.36. The molecule has 0 aromatic carbocycles. The maximum atomic E-state index is 12.7. The normalized spacial score (nSPS) is 22.7. The molecule has 1 aliphatic heterocycles. The molecule has 2 aromatic rings. The molecule has 0 radical (unpaired) electrons. The Labute approximate surface area is 151 Å². The van der Waals surface area contributed by atoms with E-state index in [0.717, 1.165) is 30.5 Å². The van der Waals surface area contributed by atoms with Crippen LogP contribution in [-0.2, 0) is 34.6 Å². The minimum absolute atomic E-state index is 0.0441. The fourth-order valence-corrected chi connectivity index (χ4v) is 4.76. The Morgan fingerprint density at radius 2 is 2.12 bits per heavy atom. The van der Waals surface area contributed by atoms with Crippen LogP contribution in [0.4, 0.5) is 0 Å². The van der Waals surface area contributed by atoms with Gasteiger partial charge in [-0.3, -0.25) is 4.79 Å². The van der Waals surface area contributed by atoms with Gasteiger partial charge in [-0.1, -0.05) is 0 Å². The number of ether oxygens (including phenoxy) is 1. The van der Waals surface area contributed by atoms with Crippen molar-refractivity contribution in [3.05, 3.63) is 39.7 Å². The van der Waals surface area contributed by atoms with Crippen LogP contribution in [0.3, 0.4) is 0 Å². The molecule has 1 aliphatic carbocycles. The molecule has 0 saturated carbocycles. The number of aromatic nitrogens is 4. The first-order chi connectivity index (χ1) is 12.3. The van der Waals surface area contributed by atoms with Crippen LogP contribution in [0.1, 0.15) is 29.5 Å². The molecule has 4 rings (SSSR count). The zero-order chi connectivity index (χ0) is 18.5. The minimum atomic E-state index is -3.82. The lowest BCUT2D eigenvalue weighted by atomic mass is 10.2. The summed E-state index contributed by atoms with van der Waals surface area (Å²) in [5, 5.41) is 4.43. The van der Waals surface area contributed by atoms with Crippen molar-refractivity contribution in [2.45, 2.75) is 43.3 Å². The van der Waals surface area contributed by atoms with Gasteiger partial charge in [0.25, 0.3) is 15.6 Å². The highest BCUT2D eigenvalue weighted by atomic mass is 32.2. The average Bonchev–Trinajstić information content (AvgIpc) is 3.28. The molecule has 2 unspecified atom stereocenters. The van der Waals surface area contributed by atoms with E-state index in [1.165, 1.54) is 10.9 Å². The molecular formula is C16H21N5O4S. The molecule has 140 valence electrons. The summed E-state index contributed by atoms with van der Waals surface area (Å²) < 4.78 is 36.4. The molecule has 2 aliphatic rings. The van der Waals surface area contributed by atoms with Crippen LogP contribution >= 0.6 is 0 Å². The van der Waals surface area contributed by atoms with Gasteiger partial charge in [-0.25, -0.2) is 22.8 Å². The summed E-state index contributed by atoms with van der Waals surface area (Å²) in [6, 6.07) is 0.557. The number of hydrogen-bond acceptors (Lipinski definition) is 6. The number of hydrogen-bond donors (Lipinski definition) is 1. The highest BCUT2D eigenvalue weighted by Crippen LogP contribution is 2.22. The SMILES string of the molecule is Cc1nc(S(=O)(=O)NC2COCC2n2nc3c(cc2=O)CCC3)cn1C. The van der Waals surface area contributed by atoms with E-state index in [1.807, 2.05) is 0 Å². The van der Waals surface area contributed by atoms with Crippen LogP contribution in [0.15, 0.2) is 22.1 Å². The number of nitrogens with zero attached hydrogens (tertiary/aromatic N) is 4. The molecule has 26 heavy (non-hydrogen) atoms. The lowest BCUT2D eigenvalue weighted by molar-refractivity contribution is 0.181. The lowest BCUT2D eigenvalue weighted by Gasteiger charge is -2.20. The van der Waals surface area contributed by atoms with Crippen molar-refractivity contribution in [3.8, 4) is 0 Å². The summed E-state index contributed by atoms with van der Waals surface area (Å²) in [6.45, 7) is 2.15. The van der Waals surface area contributed by atoms with Gasteiger partial charge in [-0.15, -0.1) is 0 Å². The summed E-state index contributed by atoms with van der Waals surface area (Å²) in [6.07, 6.45) is 4.16. The third-order valence-corrected chi connectivity index (χ3v) is 6.38. The van der Waals surface area contributed by atoms with E-state index in [1.54, 1.807) is 24.6 Å². The Bertz CT molecular complexity index is 991. The van der Waals surface area contributed by atoms with E-state index in [9.17, 15) is 13.2 Å². The molecular weight excluding hydrogens is 358 g/mol. The quantitative estimate of drug-likeness (QED) is 0.781. The van der Waals surface area contributed by atoms with E-state index >= 15 is 0 Å². The molecule has 2 atom stereocenters. The topological polar surface area (TPSA) is 108 Å². The maximum absolute atomic E-state index is 12.7. The molecule has 0 spiro atoms. The van der Waals surface area contributed by atoms with Crippen molar-refractivity contribution in [2.75, 3.05) is 13.2 Å². The summed E-state index contributed by atoms with van der Waals surface area (Å²) in [5.41, 5.74) is 1.68. The van der Waals surface area contributed by atoms with Gasteiger partial charge >= 0.3 is 0 Å². The zero-order valence-corrected chi connectivity index (χ0v) is 15.5. The maximum Gasteiger partial charge on any atom is 0.267 e. The number of aryl methyl sites for hydroxylation is 4. The average molecular weight is 379 g/mol. The Morgan fingerprint density at radius 3 is 2.85 bits per heavy atom. The van der Waals surface area contributed by atoms with E-state index < -0.39 is 22.1 Å². The number of nitrogens with one attached hydrogen (secondary N) is 1. The van der Waals surface area contributed by atoms with Gasteiger partial charge in [0.15, 0.2) is 5.03 Å². The summed E-state index contributed by atoms with van der Waals surface area (Å²) in [5.74, 6) is 0.598. The summed E-state index contributed by atoms with van der Waals surface area (Å²) in [7, 11) is -2.08. The van der Waals surface area contributed by atoms with Gasteiger partial charge in [0.05, 0.1) is 31.0 Å². The Balaban J connectivity index is 1.62. The van der Waals surface area contributed by atoms with E-state index in [4.69, 9.17) is 4.74 Å². The van der Waals surface area contributed by atoms with E-state index in [2.05, 4.69) is 14.8 Å². The third-order valence-electron chi connectivity index (χ3n) is 5.02. The van der Waals surface area contributed by atoms with E-state index in [0.29, 0.717) is 5.82 Å².